The number of carbonyl (C=O) groups excluding carboxylic acids is 2. The summed E-state index contributed by atoms with van der Waals surface area (Å²) in [5.41, 5.74) is 12.0. The number of ether oxygens (including phenoxy) is 2. The summed E-state index contributed by atoms with van der Waals surface area (Å²) in [6.45, 7) is 8.56. The highest BCUT2D eigenvalue weighted by Crippen LogP contribution is 2.24. The highest BCUT2D eigenvalue weighted by atomic mass is 32.2. The largest absolute Gasteiger partial charge is 0.744 e. The first-order valence-electron chi connectivity index (χ1n) is 11.5. The van der Waals surface area contributed by atoms with Gasteiger partial charge in [0.15, 0.2) is 0 Å². The molecule has 3 aromatic carbocycles. The topological polar surface area (TPSA) is 188 Å². The summed E-state index contributed by atoms with van der Waals surface area (Å²) in [6, 6.07) is 15.6. The van der Waals surface area contributed by atoms with Crippen LogP contribution in [0.3, 0.4) is 0 Å². The molecule has 204 valence electrons. The summed E-state index contributed by atoms with van der Waals surface area (Å²) >= 11 is 0. The predicted octanol–water partition coefficient (Wildman–Crippen LogP) is 1.54. The minimum absolute atomic E-state index is 0.0834. The van der Waals surface area contributed by atoms with Crippen LogP contribution in [0.15, 0.2) is 65.6 Å². The Hall–Kier alpha value is -4.16. The Morgan fingerprint density at radius 2 is 1.66 bits per heavy atom. The Balaban J connectivity index is 0.000000384. The minimum Gasteiger partial charge on any atom is -0.744 e. The summed E-state index contributed by atoms with van der Waals surface area (Å²) in [5.74, 6) is -0.166. The van der Waals surface area contributed by atoms with Gasteiger partial charge in [0.2, 0.25) is 0 Å². The van der Waals surface area contributed by atoms with Gasteiger partial charge in [0.05, 0.1) is 4.90 Å². The van der Waals surface area contributed by atoms with Gasteiger partial charge >= 0.3 is 18.0 Å². The second-order valence-corrected chi connectivity index (χ2v) is 10.7. The van der Waals surface area contributed by atoms with Crippen LogP contribution in [-0.4, -0.2) is 42.6 Å². The van der Waals surface area contributed by atoms with Crippen molar-refractivity contribution in [1.29, 1.82) is 0 Å². The first-order valence-corrected chi connectivity index (χ1v) is 12.9. The van der Waals surface area contributed by atoms with Gasteiger partial charge < -0.3 is 19.3 Å². The van der Waals surface area contributed by atoms with Crippen LogP contribution in [0, 0.1) is 6.92 Å². The number of benzene rings is 3. The molecule has 0 aliphatic rings. The van der Waals surface area contributed by atoms with Crippen molar-refractivity contribution in [3.8, 4) is 5.75 Å². The van der Waals surface area contributed by atoms with Crippen molar-refractivity contribution in [3.05, 3.63) is 66.2 Å². The summed E-state index contributed by atoms with van der Waals surface area (Å²) < 4.78 is 41.6. The first-order chi connectivity index (χ1) is 17.5. The minimum atomic E-state index is -4.27. The molecule has 0 spiro atoms. The molecule has 0 radical (unpaired) electrons. The second-order valence-electron chi connectivity index (χ2n) is 9.33. The van der Waals surface area contributed by atoms with Gasteiger partial charge in [-0.05, 0) is 76.4 Å². The van der Waals surface area contributed by atoms with Crippen LogP contribution in [0.25, 0.3) is 10.8 Å². The fraction of sp³-hybridized carbons (Fsp3) is 0.269. The molecule has 12 heteroatoms. The number of alkyl carbamates (subject to hydrolysis) is 1. The van der Waals surface area contributed by atoms with Crippen LogP contribution in [0.4, 0.5) is 10.5 Å². The number of nitrogens with one attached hydrogen (secondary N) is 2. The van der Waals surface area contributed by atoms with Crippen LogP contribution in [0.2, 0.25) is 0 Å². The van der Waals surface area contributed by atoms with E-state index < -0.39 is 33.8 Å². The van der Waals surface area contributed by atoms with Crippen molar-refractivity contribution in [1.82, 2.24) is 5.32 Å². The highest BCUT2D eigenvalue weighted by Gasteiger charge is 2.22. The lowest BCUT2D eigenvalue weighted by Gasteiger charge is -2.21. The van der Waals surface area contributed by atoms with Gasteiger partial charge in [-0.2, -0.15) is 0 Å². The maximum Gasteiger partial charge on any atom is 0.408 e. The lowest BCUT2D eigenvalue weighted by molar-refractivity contribution is -0.354. The van der Waals surface area contributed by atoms with E-state index >= 15 is 0 Å². The molecule has 0 unspecified atom stereocenters. The molecule has 0 aromatic heterocycles. The van der Waals surface area contributed by atoms with Crippen LogP contribution < -0.4 is 26.5 Å². The molecule has 11 nitrogen and oxygen atoms in total. The zero-order chi connectivity index (χ0) is 28.7. The van der Waals surface area contributed by atoms with E-state index in [-0.39, 0.29) is 10.9 Å². The molecule has 38 heavy (non-hydrogen) atoms. The third-order valence-electron chi connectivity index (χ3n) is 4.75. The SMILES string of the molecule is C[C@@H](NC(=O)OC(C)(C)C)C(=O)Oc1ccc2c([NH+]=C(N)N)cccc2c1.Cc1ccc(S(=O)(=O)[O-])cc1. The van der Waals surface area contributed by atoms with Crippen LogP contribution >= 0.6 is 0 Å². The number of hydrogen-bond acceptors (Lipinski definition) is 7. The molecule has 3 rings (SSSR count). The fourth-order valence-corrected chi connectivity index (χ4v) is 3.51. The van der Waals surface area contributed by atoms with Crippen LogP contribution in [-0.2, 0) is 19.6 Å². The average Bonchev–Trinajstić information content (AvgIpc) is 2.77. The van der Waals surface area contributed by atoms with Crippen LogP contribution in [0.5, 0.6) is 5.75 Å². The molecule has 0 aliphatic carbocycles. The maximum absolute atomic E-state index is 12.2. The Morgan fingerprint density at radius 3 is 2.21 bits per heavy atom. The standard InChI is InChI=1S/C19H24N4O4.C7H8O3S/c1-11(22-18(25)27-19(2,3)4)16(24)26-13-8-9-14-12(10-13)6-5-7-15(14)23-17(20)21;1-6-2-4-7(5-3-6)11(8,9)10/h5-11H,1-4H3,(H,22,25)(H4,20,21,23);2-5H,1H3,(H,8,9,10)/t11-;/m1./s1. The molecule has 0 saturated heterocycles. The van der Waals surface area contributed by atoms with E-state index in [1.165, 1.54) is 19.1 Å². The van der Waals surface area contributed by atoms with E-state index in [1.807, 2.05) is 25.1 Å². The number of rotatable bonds is 5. The number of fused-ring (bicyclic) bond motifs is 1. The lowest BCUT2D eigenvalue weighted by Crippen LogP contribution is -2.72. The third kappa shape index (κ3) is 9.71. The fourth-order valence-electron chi connectivity index (χ4n) is 3.04. The Labute approximate surface area is 221 Å². The van der Waals surface area contributed by atoms with E-state index in [9.17, 15) is 22.6 Å². The molecule has 0 aliphatic heterocycles. The number of guanidine groups is 1. The van der Waals surface area contributed by atoms with Crippen molar-refractivity contribution in [2.75, 3.05) is 0 Å². The van der Waals surface area contributed by atoms with Crippen molar-refractivity contribution >= 4 is 44.6 Å². The number of nitrogens with two attached hydrogens (primary N) is 2. The highest BCUT2D eigenvalue weighted by molar-refractivity contribution is 7.85. The Morgan fingerprint density at radius 1 is 1.03 bits per heavy atom. The van der Waals surface area contributed by atoms with Crippen molar-refractivity contribution in [3.63, 3.8) is 0 Å². The molecule has 0 bridgehead atoms. The number of esters is 1. The maximum atomic E-state index is 12.2. The monoisotopic (exact) mass is 544 g/mol. The Bertz CT molecular complexity index is 1430. The van der Waals surface area contributed by atoms with E-state index in [4.69, 9.17) is 20.9 Å². The smallest absolute Gasteiger partial charge is 0.408 e. The zero-order valence-corrected chi connectivity index (χ0v) is 22.6. The number of aryl methyl sites for hydroxylation is 1. The normalized spacial score (nSPS) is 11.9. The number of carbonyl (C=O) groups is 2. The molecule has 6 N–H and O–H groups in total. The number of hydrogen-bond donors (Lipinski definition) is 4. The van der Waals surface area contributed by atoms with Crippen molar-refractivity contribution < 1.29 is 37.0 Å². The van der Waals surface area contributed by atoms with Crippen molar-refractivity contribution in [2.45, 2.75) is 51.2 Å². The van der Waals surface area contributed by atoms with E-state index in [1.54, 1.807) is 51.1 Å². The first kappa shape index (κ1) is 30.1. The zero-order valence-electron chi connectivity index (χ0n) is 21.8. The van der Waals surface area contributed by atoms with Crippen LogP contribution in [0.1, 0.15) is 33.3 Å². The Kier molecular flexibility index (Phi) is 9.80. The van der Waals surface area contributed by atoms with Crippen molar-refractivity contribution in [2.24, 2.45) is 11.5 Å². The summed E-state index contributed by atoms with van der Waals surface area (Å²) in [4.78, 5) is 26.7. The number of amides is 1. The van der Waals surface area contributed by atoms with E-state index in [0.29, 0.717) is 5.75 Å². The molecule has 3 aromatic rings. The molecule has 0 heterocycles. The van der Waals surface area contributed by atoms with E-state index in [0.717, 1.165) is 22.0 Å². The summed E-state index contributed by atoms with van der Waals surface area (Å²) in [6.07, 6.45) is -0.684. The average molecular weight is 545 g/mol. The van der Waals surface area contributed by atoms with E-state index in [2.05, 4.69) is 10.3 Å². The molecular formula is C26H32N4O7S. The lowest BCUT2D eigenvalue weighted by atomic mass is 10.1. The summed E-state index contributed by atoms with van der Waals surface area (Å²) in [5, 5.41) is 4.15. The molecule has 0 fully saturated rings. The van der Waals surface area contributed by atoms with Gasteiger partial charge in [-0.15, -0.1) is 0 Å². The van der Waals surface area contributed by atoms with Gasteiger partial charge in [0.1, 0.15) is 33.2 Å². The van der Waals surface area contributed by atoms with Gasteiger partial charge in [0.25, 0.3) is 0 Å². The summed E-state index contributed by atoms with van der Waals surface area (Å²) in [7, 11) is -4.27. The molecule has 1 amide bonds. The second kappa shape index (κ2) is 12.4. The van der Waals surface area contributed by atoms with Gasteiger partial charge in [-0.25, -0.2) is 23.0 Å². The molecule has 1 atom stereocenters. The predicted molar refractivity (Wildman–Crippen MR) is 142 cm³/mol. The molecule has 0 saturated carbocycles. The molecular weight excluding hydrogens is 512 g/mol. The third-order valence-corrected chi connectivity index (χ3v) is 5.60. The van der Waals surface area contributed by atoms with Gasteiger partial charge in [-0.1, -0.05) is 29.8 Å². The van der Waals surface area contributed by atoms with Gasteiger partial charge in [-0.3, -0.25) is 11.5 Å². The quantitative estimate of drug-likeness (QED) is 0.121. The van der Waals surface area contributed by atoms with Gasteiger partial charge in [0, 0.05) is 5.39 Å².